The zero-order chi connectivity index (χ0) is 18.7. The highest BCUT2D eigenvalue weighted by Gasteiger charge is 2.12. The van der Waals surface area contributed by atoms with Gasteiger partial charge in [-0.15, -0.1) is 11.8 Å². The Hall–Kier alpha value is -2.24. The van der Waals surface area contributed by atoms with Crippen LogP contribution in [-0.2, 0) is 16.1 Å². The van der Waals surface area contributed by atoms with E-state index in [1.165, 1.54) is 17.8 Å². The van der Waals surface area contributed by atoms with Gasteiger partial charge in [-0.25, -0.2) is 4.79 Å². The highest BCUT2D eigenvalue weighted by Crippen LogP contribution is 2.24. The second-order valence-electron chi connectivity index (χ2n) is 5.88. The van der Waals surface area contributed by atoms with E-state index >= 15 is 0 Å². The van der Waals surface area contributed by atoms with Crippen molar-refractivity contribution in [3.63, 3.8) is 0 Å². The molecule has 0 N–H and O–H groups in total. The molecule has 0 saturated heterocycles. The van der Waals surface area contributed by atoms with Crippen LogP contribution in [0.2, 0.25) is 5.02 Å². The van der Waals surface area contributed by atoms with Crippen LogP contribution in [0.3, 0.4) is 0 Å². The Kier molecular flexibility index (Phi) is 5.69. The van der Waals surface area contributed by atoms with E-state index in [4.69, 9.17) is 20.8 Å². The molecule has 0 fully saturated rings. The smallest absolute Gasteiger partial charge is 0.336 e. The first-order valence-electron chi connectivity index (χ1n) is 8.01. The van der Waals surface area contributed by atoms with Crippen LogP contribution >= 0.6 is 23.4 Å². The predicted molar refractivity (Wildman–Crippen MR) is 104 cm³/mol. The zero-order valence-corrected chi connectivity index (χ0v) is 15.9. The highest BCUT2D eigenvalue weighted by atomic mass is 35.5. The lowest BCUT2D eigenvalue weighted by molar-refractivity contribution is -0.141. The predicted octanol–water partition coefficient (Wildman–Crippen LogP) is 4.90. The molecule has 1 aromatic heterocycles. The summed E-state index contributed by atoms with van der Waals surface area (Å²) in [5.74, 6) is -0.172. The van der Waals surface area contributed by atoms with Gasteiger partial charge in [0.2, 0.25) is 0 Å². The van der Waals surface area contributed by atoms with Crippen LogP contribution in [0.1, 0.15) is 16.7 Å². The Labute approximate surface area is 160 Å². The largest absolute Gasteiger partial charge is 0.460 e. The number of fused-ring (bicyclic) bond motifs is 1. The van der Waals surface area contributed by atoms with E-state index in [2.05, 4.69) is 0 Å². The molecular formula is C20H17ClO4S. The van der Waals surface area contributed by atoms with Crippen molar-refractivity contribution in [2.75, 3.05) is 5.75 Å². The van der Waals surface area contributed by atoms with E-state index in [-0.39, 0.29) is 18.3 Å². The number of aryl methyl sites for hydroxylation is 2. The fraction of sp³-hybridized carbons (Fsp3) is 0.200. The lowest BCUT2D eigenvalue weighted by Gasteiger charge is -2.09. The van der Waals surface area contributed by atoms with Crippen molar-refractivity contribution >= 4 is 40.3 Å². The number of hydrogen-bond acceptors (Lipinski definition) is 5. The number of hydrogen-bond donors (Lipinski definition) is 0. The van der Waals surface area contributed by atoms with Gasteiger partial charge in [0.15, 0.2) is 0 Å². The van der Waals surface area contributed by atoms with E-state index in [9.17, 15) is 9.59 Å². The summed E-state index contributed by atoms with van der Waals surface area (Å²) in [4.78, 5) is 24.8. The Bertz CT molecular complexity index is 1010. The third-order valence-electron chi connectivity index (χ3n) is 4.08. The van der Waals surface area contributed by atoms with Gasteiger partial charge in [-0.05, 0) is 49.2 Å². The molecule has 3 rings (SSSR count). The van der Waals surface area contributed by atoms with Crippen molar-refractivity contribution < 1.29 is 13.9 Å². The molecule has 0 spiro atoms. The van der Waals surface area contributed by atoms with Gasteiger partial charge in [-0.3, -0.25) is 4.79 Å². The second-order valence-corrected chi connectivity index (χ2v) is 7.36. The summed E-state index contributed by atoms with van der Waals surface area (Å²) < 4.78 is 10.7. The van der Waals surface area contributed by atoms with Crippen LogP contribution in [0.5, 0.6) is 0 Å². The minimum Gasteiger partial charge on any atom is -0.460 e. The number of esters is 1. The molecule has 26 heavy (non-hydrogen) atoms. The number of benzene rings is 2. The maximum absolute atomic E-state index is 12.0. The molecule has 0 aliphatic carbocycles. The Morgan fingerprint density at radius 2 is 1.88 bits per heavy atom. The molecule has 6 heteroatoms. The maximum Gasteiger partial charge on any atom is 0.336 e. The summed E-state index contributed by atoms with van der Waals surface area (Å²) in [6.07, 6.45) is 0. The van der Waals surface area contributed by atoms with Crippen LogP contribution < -0.4 is 5.63 Å². The van der Waals surface area contributed by atoms with Crippen LogP contribution in [0, 0.1) is 13.8 Å². The van der Waals surface area contributed by atoms with Crippen molar-refractivity contribution in [3.8, 4) is 0 Å². The van der Waals surface area contributed by atoms with Gasteiger partial charge in [-0.2, -0.15) is 0 Å². The van der Waals surface area contributed by atoms with Gasteiger partial charge in [0.25, 0.3) is 0 Å². The fourth-order valence-electron chi connectivity index (χ4n) is 2.52. The normalized spacial score (nSPS) is 10.9. The van der Waals surface area contributed by atoms with Gasteiger partial charge in [-0.1, -0.05) is 23.7 Å². The van der Waals surface area contributed by atoms with E-state index < -0.39 is 5.63 Å². The third kappa shape index (κ3) is 4.29. The van der Waals surface area contributed by atoms with Crippen LogP contribution in [-0.4, -0.2) is 11.7 Å². The van der Waals surface area contributed by atoms with Gasteiger partial charge in [0, 0.05) is 26.9 Å². The summed E-state index contributed by atoms with van der Waals surface area (Å²) in [6, 6.07) is 12.5. The van der Waals surface area contributed by atoms with Crippen LogP contribution in [0.25, 0.3) is 11.0 Å². The topological polar surface area (TPSA) is 56.5 Å². The van der Waals surface area contributed by atoms with Gasteiger partial charge >= 0.3 is 11.6 Å². The standard InChI is InChI=1S/C20H17ClO4S/c1-12-3-8-17-14(9-18(22)25-20(17)13(12)2)10-24-19(23)11-26-16-6-4-15(21)5-7-16/h3-9H,10-11H2,1-2H3. The average molecular weight is 389 g/mol. The lowest BCUT2D eigenvalue weighted by atomic mass is 10.0. The summed E-state index contributed by atoms with van der Waals surface area (Å²) in [6.45, 7) is 3.89. The Morgan fingerprint density at radius 3 is 2.62 bits per heavy atom. The molecule has 0 amide bonds. The maximum atomic E-state index is 12.0. The van der Waals surface area contributed by atoms with Crippen LogP contribution in [0.15, 0.2) is 56.6 Å². The molecule has 134 valence electrons. The molecular weight excluding hydrogens is 372 g/mol. The highest BCUT2D eigenvalue weighted by molar-refractivity contribution is 8.00. The SMILES string of the molecule is Cc1ccc2c(COC(=O)CSc3ccc(Cl)cc3)cc(=O)oc2c1C. The van der Waals surface area contributed by atoms with Crippen molar-refractivity contribution in [3.05, 3.63) is 74.6 Å². The fourth-order valence-corrected chi connectivity index (χ4v) is 3.34. The summed E-state index contributed by atoms with van der Waals surface area (Å²) in [7, 11) is 0. The number of thioether (sulfide) groups is 1. The summed E-state index contributed by atoms with van der Waals surface area (Å²) >= 11 is 7.21. The van der Waals surface area contributed by atoms with Crippen molar-refractivity contribution in [1.82, 2.24) is 0 Å². The molecule has 1 heterocycles. The first-order valence-corrected chi connectivity index (χ1v) is 9.37. The number of rotatable bonds is 5. The molecule has 0 radical (unpaired) electrons. The minimum atomic E-state index is -0.451. The molecule has 0 aliphatic heterocycles. The number of carbonyl (C=O) groups is 1. The number of halogens is 1. The Morgan fingerprint density at radius 1 is 1.15 bits per heavy atom. The summed E-state index contributed by atoms with van der Waals surface area (Å²) in [5.41, 5.74) is 2.68. The molecule has 4 nitrogen and oxygen atoms in total. The Balaban J connectivity index is 1.69. The van der Waals surface area contributed by atoms with E-state index in [1.807, 2.05) is 38.1 Å². The molecule has 0 unspecified atom stereocenters. The lowest BCUT2D eigenvalue weighted by Crippen LogP contribution is -2.09. The van der Waals surface area contributed by atoms with E-state index in [0.717, 1.165) is 21.4 Å². The third-order valence-corrected chi connectivity index (χ3v) is 5.31. The first-order chi connectivity index (χ1) is 12.4. The minimum absolute atomic E-state index is 0.0324. The molecule has 2 aromatic carbocycles. The van der Waals surface area contributed by atoms with E-state index in [0.29, 0.717) is 16.2 Å². The van der Waals surface area contributed by atoms with Crippen molar-refractivity contribution in [2.45, 2.75) is 25.3 Å². The van der Waals surface area contributed by atoms with Gasteiger partial charge < -0.3 is 9.15 Å². The molecule has 0 aliphatic rings. The average Bonchev–Trinajstić information content (AvgIpc) is 2.62. The molecule has 0 saturated carbocycles. The monoisotopic (exact) mass is 388 g/mol. The number of ether oxygens (including phenoxy) is 1. The molecule has 0 atom stereocenters. The van der Waals surface area contributed by atoms with Gasteiger partial charge in [0.05, 0.1) is 5.75 Å². The van der Waals surface area contributed by atoms with Gasteiger partial charge in [0.1, 0.15) is 12.2 Å². The molecule has 0 bridgehead atoms. The first kappa shape index (κ1) is 18.5. The quantitative estimate of drug-likeness (QED) is 0.353. The summed E-state index contributed by atoms with van der Waals surface area (Å²) in [5, 5.41) is 1.43. The van der Waals surface area contributed by atoms with Crippen molar-refractivity contribution in [2.24, 2.45) is 0 Å². The van der Waals surface area contributed by atoms with Crippen molar-refractivity contribution in [1.29, 1.82) is 0 Å². The van der Waals surface area contributed by atoms with Crippen LogP contribution in [0.4, 0.5) is 0 Å². The number of carbonyl (C=O) groups excluding carboxylic acids is 1. The van der Waals surface area contributed by atoms with E-state index in [1.54, 1.807) is 12.1 Å². The zero-order valence-electron chi connectivity index (χ0n) is 14.4. The molecule has 3 aromatic rings. The second kappa shape index (κ2) is 7.98.